The second kappa shape index (κ2) is 4.69. The third kappa shape index (κ3) is 2.55. The smallest absolute Gasteiger partial charge is 0.335 e. The van der Waals surface area contributed by atoms with Crippen LogP contribution >= 0.6 is 0 Å². The largest absolute Gasteiger partial charge is 0.478 e. The van der Waals surface area contributed by atoms with Crippen LogP contribution in [0.15, 0.2) is 18.2 Å². The van der Waals surface area contributed by atoms with E-state index in [1.54, 1.807) is 0 Å². The molecule has 1 amide bonds. The van der Waals surface area contributed by atoms with Crippen molar-refractivity contribution in [3.05, 3.63) is 29.3 Å². The number of hydrogen-bond donors (Lipinski definition) is 3. The molecular weight excluding hydrogens is 254 g/mol. The van der Waals surface area contributed by atoms with Crippen molar-refractivity contribution in [3.63, 3.8) is 0 Å². The Bertz CT molecular complexity index is 535. The molecule has 1 saturated heterocycles. The molecule has 1 aliphatic rings. The minimum atomic E-state index is -1.28. The van der Waals surface area contributed by atoms with Gasteiger partial charge in [0, 0.05) is 5.69 Å². The molecule has 0 bridgehead atoms. The van der Waals surface area contributed by atoms with Crippen LogP contribution in [-0.2, 0) is 4.79 Å². The summed E-state index contributed by atoms with van der Waals surface area (Å²) >= 11 is 0. The summed E-state index contributed by atoms with van der Waals surface area (Å²) in [7, 11) is 0. The van der Waals surface area contributed by atoms with E-state index in [1.807, 2.05) is 0 Å². The Morgan fingerprint density at radius 1 is 1.11 bits per heavy atom. The lowest BCUT2D eigenvalue weighted by Gasteiger charge is -2.17. The van der Waals surface area contributed by atoms with E-state index in [0.29, 0.717) is 0 Å². The van der Waals surface area contributed by atoms with Crippen LogP contribution in [0, 0.1) is 0 Å². The van der Waals surface area contributed by atoms with Gasteiger partial charge in [-0.3, -0.25) is 4.79 Å². The number of β-amino-alcohol motifs (C(OH)–C–C–N with tert-alkyl or cyclic N) is 1. The van der Waals surface area contributed by atoms with Gasteiger partial charge >= 0.3 is 11.9 Å². The highest BCUT2D eigenvalue weighted by Crippen LogP contribution is 2.24. The van der Waals surface area contributed by atoms with Crippen LogP contribution in [0.4, 0.5) is 5.69 Å². The van der Waals surface area contributed by atoms with Gasteiger partial charge in [0.2, 0.25) is 5.91 Å². The molecule has 1 fully saturated rings. The van der Waals surface area contributed by atoms with E-state index in [1.165, 1.54) is 17.0 Å². The van der Waals surface area contributed by atoms with Crippen molar-refractivity contribution in [2.75, 3.05) is 11.4 Å². The number of benzene rings is 1. The second-order valence-corrected chi connectivity index (χ2v) is 4.24. The average molecular weight is 265 g/mol. The monoisotopic (exact) mass is 265 g/mol. The van der Waals surface area contributed by atoms with Crippen LogP contribution in [0.25, 0.3) is 0 Å². The minimum Gasteiger partial charge on any atom is -0.478 e. The van der Waals surface area contributed by atoms with Crippen molar-refractivity contribution in [2.24, 2.45) is 0 Å². The molecule has 0 spiro atoms. The van der Waals surface area contributed by atoms with E-state index in [2.05, 4.69) is 0 Å². The summed E-state index contributed by atoms with van der Waals surface area (Å²) in [6.45, 7) is 0.0287. The number of aromatic carboxylic acids is 2. The number of carboxylic acids is 2. The number of anilines is 1. The highest BCUT2D eigenvalue weighted by molar-refractivity contribution is 6.00. The molecule has 7 heteroatoms. The zero-order chi connectivity index (χ0) is 14.2. The molecule has 1 aromatic carbocycles. The fourth-order valence-electron chi connectivity index (χ4n) is 1.95. The van der Waals surface area contributed by atoms with Crippen molar-refractivity contribution >= 4 is 23.5 Å². The zero-order valence-corrected chi connectivity index (χ0v) is 9.74. The Morgan fingerprint density at radius 3 is 2.00 bits per heavy atom. The van der Waals surface area contributed by atoms with Gasteiger partial charge < -0.3 is 20.2 Å². The fraction of sp³-hybridized carbons (Fsp3) is 0.250. The number of aliphatic hydroxyl groups excluding tert-OH is 1. The Labute approximate surface area is 107 Å². The van der Waals surface area contributed by atoms with E-state index in [-0.39, 0.29) is 35.7 Å². The van der Waals surface area contributed by atoms with Gasteiger partial charge in [0.25, 0.3) is 0 Å². The van der Waals surface area contributed by atoms with Crippen molar-refractivity contribution in [1.29, 1.82) is 0 Å². The number of amides is 1. The molecule has 3 N–H and O–H groups in total. The first-order chi connectivity index (χ1) is 8.88. The number of nitrogens with zero attached hydrogens (tertiary/aromatic N) is 1. The quantitative estimate of drug-likeness (QED) is 0.718. The van der Waals surface area contributed by atoms with Crippen molar-refractivity contribution in [3.8, 4) is 0 Å². The molecule has 1 unspecified atom stereocenters. The first kappa shape index (κ1) is 13.0. The number of carboxylic acid groups (broad SMARTS) is 2. The molecular formula is C12H11NO6. The first-order valence-electron chi connectivity index (χ1n) is 5.48. The molecule has 2 rings (SSSR count). The normalized spacial score (nSPS) is 18.7. The maximum absolute atomic E-state index is 11.6. The molecule has 100 valence electrons. The highest BCUT2D eigenvalue weighted by Gasteiger charge is 2.30. The lowest BCUT2D eigenvalue weighted by molar-refractivity contribution is -0.117. The summed E-state index contributed by atoms with van der Waals surface area (Å²) in [5, 5.41) is 27.3. The zero-order valence-electron chi connectivity index (χ0n) is 9.74. The molecule has 0 radical (unpaired) electrons. The Hall–Kier alpha value is -2.41. The Morgan fingerprint density at radius 2 is 1.63 bits per heavy atom. The molecule has 1 aromatic rings. The molecule has 19 heavy (non-hydrogen) atoms. The maximum atomic E-state index is 11.6. The number of rotatable bonds is 3. The van der Waals surface area contributed by atoms with Gasteiger partial charge in [-0.05, 0) is 18.2 Å². The van der Waals surface area contributed by atoms with E-state index < -0.39 is 18.0 Å². The molecule has 7 nitrogen and oxygen atoms in total. The molecule has 0 aliphatic carbocycles. The van der Waals surface area contributed by atoms with Gasteiger partial charge in [-0.1, -0.05) is 0 Å². The summed E-state index contributed by atoms with van der Waals surface area (Å²) in [6.07, 6.45) is -0.881. The number of hydrogen-bond acceptors (Lipinski definition) is 4. The van der Waals surface area contributed by atoms with E-state index >= 15 is 0 Å². The summed E-state index contributed by atoms with van der Waals surface area (Å²) in [5.74, 6) is -2.93. The number of aliphatic hydroxyl groups is 1. The van der Waals surface area contributed by atoms with Crippen LogP contribution < -0.4 is 4.90 Å². The number of carbonyl (C=O) groups excluding carboxylic acids is 1. The Balaban J connectivity index is 2.48. The van der Waals surface area contributed by atoms with Crippen molar-refractivity contribution in [1.82, 2.24) is 0 Å². The van der Waals surface area contributed by atoms with Crippen LogP contribution in [0.3, 0.4) is 0 Å². The van der Waals surface area contributed by atoms with Gasteiger partial charge in [0.15, 0.2) is 0 Å². The third-order valence-corrected chi connectivity index (χ3v) is 2.83. The lowest BCUT2D eigenvalue weighted by Crippen LogP contribution is -2.25. The molecule has 1 aliphatic heterocycles. The lowest BCUT2D eigenvalue weighted by atomic mass is 10.1. The molecule has 0 saturated carbocycles. The van der Waals surface area contributed by atoms with Crippen LogP contribution in [0.5, 0.6) is 0 Å². The second-order valence-electron chi connectivity index (χ2n) is 4.24. The summed E-state index contributed by atoms with van der Waals surface area (Å²) in [5.41, 5.74) is -0.271. The van der Waals surface area contributed by atoms with Crippen molar-refractivity contribution in [2.45, 2.75) is 12.5 Å². The number of carbonyl (C=O) groups is 3. The molecule has 1 heterocycles. The average Bonchev–Trinajstić information content (AvgIpc) is 2.67. The molecule has 0 aromatic heterocycles. The van der Waals surface area contributed by atoms with E-state index in [9.17, 15) is 19.5 Å². The maximum Gasteiger partial charge on any atom is 0.335 e. The first-order valence-corrected chi connectivity index (χ1v) is 5.48. The van der Waals surface area contributed by atoms with Crippen LogP contribution in [-0.4, -0.2) is 45.8 Å². The predicted octanol–water partition coefficient (Wildman–Crippen LogP) is 0.181. The fourth-order valence-corrected chi connectivity index (χ4v) is 1.95. The Kier molecular flexibility index (Phi) is 3.22. The SMILES string of the molecule is O=C(O)c1cc(C(=O)O)cc(N2CC(O)CC2=O)c1. The van der Waals surface area contributed by atoms with E-state index in [4.69, 9.17) is 10.2 Å². The van der Waals surface area contributed by atoms with Gasteiger partial charge in [0.05, 0.1) is 30.2 Å². The summed E-state index contributed by atoms with van der Waals surface area (Å²) < 4.78 is 0. The minimum absolute atomic E-state index is 0.0287. The third-order valence-electron chi connectivity index (χ3n) is 2.83. The predicted molar refractivity (Wildman–Crippen MR) is 63.3 cm³/mol. The topological polar surface area (TPSA) is 115 Å². The van der Waals surface area contributed by atoms with Crippen LogP contribution in [0.1, 0.15) is 27.1 Å². The summed E-state index contributed by atoms with van der Waals surface area (Å²) in [6, 6.07) is 3.45. The standard InChI is InChI=1S/C12H11NO6/c14-9-4-10(15)13(5-9)8-2-6(11(16)17)1-7(3-8)12(18)19/h1-3,9,14H,4-5H2,(H,16,17)(H,18,19). The van der Waals surface area contributed by atoms with Gasteiger partial charge in [0.1, 0.15) is 0 Å². The highest BCUT2D eigenvalue weighted by atomic mass is 16.4. The van der Waals surface area contributed by atoms with Gasteiger partial charge in [-0.2, -0.15) is 0 Å². The van der Waals surface area contributed by atoms with Gasteiger partial charge in [-0.15, -0.1) is 0 Å². The van der Waals surface area contributed by atoms with Gasteiger partial charge in [-0.25, -0.2) is 9.59 Å². The van der Waals surface area contributed by atoms with Crippen molar-refractivity contribution < 1.29 is 29.7 Å². The van der Waals surface area contributed by atoms with E-state index in [0.717, 1.165) is 6.07 Å². The summed E-state index contributed by atoms with van der Waals surface area (Å²) in [4.78, 5) is 34.7. The molecule has 1 atom stereocenters. The van der Waals surface area contributed by atoms with Crippen LogP contribution in [0.2, 0.25) is 0 Å².